The molecule has 1 aliphatic heterocycles. The topological polar surface area (TPSA) is 55.2 Å². The normalized spacial score (nSPS) is 19.8. The SMILES string of the molecule is CCn1nc(C(=O)N2CCCCC[C@H]2C(F)(F)F)ccc1=O. The van der Waals surface area contributed by atoms with Gasteiger partial charge in [0.1, 0.15) is 11.7 Å². The molecule has 1 aromatic rings. The maximum atomic E-state index is 13.2. The van der Waals surface area contributed by atoms with Crippen LogP contribution in [0.2, 0.25) is 0 Å². The van der Waals surface area contributed by atoms with Crippen LogP contribution in [0.15, 0.2) is 16.9 Å². The summed E-state index contributed by atoms with van der Waals surface area (Å²) in [6.07, 6.45) is -2.91. The van der Waals surface area contributed by atoms with Crippen molar-refractivity contribution in [2.24, 2.45) is 0 Å². The second-order valence-corrected chi connectivity index (χ2v) is 5.28. The molecule has 1 atom stereocenters. The van der Waals surface area contributed by atoms with Gasteiger partial charge in [0.2, 0.25) is 0 Å². The van der Waals surface area contributed by atoms with Crippen LogP contribution >= 0.6 is 0 Å². The highest BCUT2D eigenvalue weighted by Crippen LogP contribution is 2.31. The van der Waals surface area contributed by atoms with E-state index >= 15 is 0 Å². The van der Waals surface area contributed by atoms with E-state index in [4.69, 9.17) is 0 Å². The Morgan fingerprint density at radius 1 is 1.32 bits per heavy atom. The molecule has 0 radical (unpaired) electrons. The summed E-state index contributed by atoms with van der Waals surface area (Å²) in [7, 11) is 0. The van der Waals surface area contributed by atoms with Crippen LogP contribution in [-0.2, 0) is 6.54 Å². The first-order valence-electron chi connectivity index (χ1n) is 7.30. The third-order valence-electron chi connectivity index (χ3n) is 3.78. The van der Waals surface area contributed by atoms with Crippen LogP contribution in [0.5, 0.6) is 0 Å². The third kappa shape index (κ3) is 3.48. The Bertz CT molecular complexity index is 598. The summed E-state index contributed by atoms with van der Waals surface area (Å²) in [6, 6.07) is 0.561. The first-order valence-corrected chi connectivity index (χ1v) is 7.30. The van der Waals surface area contributed by atoms with Gasteiger partial charge in [0, 0.05) is 19.2 Å². The average Bonchev–Trinajstić information content (AvgIpc) is 2.72. The Labute approximate surface area is 125 Å². The van der Waals surface area contributed by atoms with E-state index < -0.39 is 18.1 Å². The first-order chi connectivity index (χ1) is 10.3. The van der Waals surface area contributed by atoms with Gasteiger partial charge < -0.3 is 4.90 Å². The number of carbonyl (C=O) groups excluding carboxylic acids is 1. The van der Waals surface area contributed by atoms with Crippen LogP contribution < -0.4 is 5.56 Å². The maximum absolute atomic E-state index is 13.2. The van der Waals surface area contributed by atoms with Crippen molar-refractivity contribution < 1.29 is 18.0 Å². The van der Waals surface area contributed by atoms with Crippen molar-refractivity contribution in [1.29, 1.82) is 0 Å². The predicted molar refractivity (Wildman–Crippen MR) is 73.5 cm³/mol. The molecular formula is C14H18F3N3O2. The zero-order valence-corrected chi connectivity index (χ0v) is 12.3. The molecule has 1 aliphatic rings. The van der Waals surface area contributed by atoms with Crippen molar-refractivity contribution >= 4 is 5.91 Å². The molecular weight excluding hydrogens is 299 g/mol. The minimum absolute atomic E-state index is 0.0515. The number of nitrogens with zero attached hydrogens (tertiary/aromatic N) is 3. The number of aromatic nitrogens is 2. The summed E-state index contributed by atoms with van der Waals surface area (Å²) in [5.41, 5.74) is -0.514. The highest BCUT2D eigenvalue weighted by Gasteiger charge is 2.45. The van der Waals surface area contributed by atoms with Crippen molar-refractivity contribution in [3.63, 3.8) is 0 Å². The van der Waals surface area contributed by atoms with Gasteiger partial charge >= 0.3 is 6.18 Å². The fraction of sp³-hybridized carbons (Fsp3) is 0.643. The number of rotatable bonds is 2. The summed E-state index contributed by atoms with van der Waals surface area (Å²) in [5.74, 6) is -0.772. The molecule has 22 heavy (non-hydrogen) atoms. The van der Waals surface area contributed by atoms with Crippen LogP contribution in [-0.4, -0.2) is 39.4 Å². The summed E-state index contributed by atoms with van der Waals surface area (Å²) < 4.78 is 40.6. The molecule has 0 spiro atoms. The van der Waals surface area contributed by atoms with E-state index in [0.717, 1.165) is 15.6 Å². The number of alkyl halides is 3. The molecule has 0 aliphatic carbocycles. The molecule has 1 amide bonds. The molecule has 1 fully saturated rings. The molecule has 122 valence electrons. The highest BCUT2D eigenvalue weighted by molar-refractivity contribution is 5.92. The van der Waals surface area contributed by atoms with Gasteiger partial charge in [0.25, 0.3) is 11.5 Å². The standard InChI is InChI=1S/C14H18F3N3O2/c1-2-20-12(21)8-7-10(18-20)13(22)19-9-5-3-4-6-11(19)14(15,16)17/h7-8,11H,2-6,9H2,1H3/t11-/m0/s1. The van der Waals surface area contributed by atoms with Crippen molar-refractivity contribution in [2.75, 3.05) is 6.54 Å². The van der Waals surface area contributed by atoms with Gasteiger partial charge in [-0.25, -0.2) is 4.68 Å². The molecule has 2 heterocycles. The zero-order valence-electron chi connectivity index (χ0n) is 12.3. The predicted octanol–water partition coefficient (Wildman–Crippen LogP) is 2.21. The van der Waals surface area contributed by atoms with E-state index in [2.05, 4.69) is 5.10 Å². The molecule has 0 saturated carbocycles. The van der Waals surface area contributed by atoms with Gasteiger partial charge in [-0.3, -0.25) is 9.59 Å². The third-order valence-corrected chi connectivity index (χ3v) is 3.78. The smallest absolute Gasteiger partial charge is 0.325 e. The number of likely N-dealkylation sites (tertiary alicyclic amines) is 1. The molecule has 8 heteroatoms. The Balaban J connectivity index is 2.34. The number of hydrogen-bond donors (Lipinski definition) is 0. The van der Waals surface area contributed by atoms with Gasteiger partial charge in [-0.05, 0) is 25.8 Å². The molecule has 0 unspecified atom stereocenters. The van der Waals surface area contributed by atoms with Crippen LogP contribution in [0, 0.1) is 0 Å². The zero-order chi connectivity index (χ0) is 16.3. The molecule has 0 bridgehead atoms. The lowest BCUT2D eigenvalue weighted by atomic mass is 10.1. The van der Waals surface area contributed by atoms with Crippen molar-refractivity contribution in [3.05, 3.63) is 28.2 Å². The minimum Gasteiger partial charge on any atom is -0.325 e. The fourth-order valence-electron chi connectivity index (χ4n) is 2.63. The van der Waals surface area contributed by atoms with E-state index in [1.54, 1.807) is 6.92 Å². The monoisotopic (exact) mass is 317 g/mol. The molecule has 0 N–H and O–H groups in total. The molecule has 0 aromatic carbocycles. The van der Waals surface area contributed by atoms with E-state index in [1.807, 2.05) is 0 Å². The lowest BCUT2D eigenvalue weighted by Gasteiger charge is -2.31. The summed E-state index contributed by atoms with van der Waals surface area (Å²) in [5, 5.41) is 3.86. The van der Waals surface area contributed by atoms with E-state index in [1.165, 1.54) is 6.07 Å². The fourth-order valence-corrected chi connectivity index (χ4v) is 2.63. The maximum Gasteiger partial charge on any atom is 0.408 e. The second-order valence-electron chi connectivity index (χ2n) is 5.28. The lowest BCUT2D eigenvalue weighted by molar-refractivity contribution is -0.177. The highest BCUT2D eigenvalue weighted by atomic mass is 19.4. The number of hydrogen-bond acceptors (Lipinski definition) is 3. The van der Waals surface area contributed by atoms with E-state index in [-0.39, 0.29) is 30.8 Å². The van der Waals surface area contributed by atoms with Crippen molar-refractivity contribution in [3.8, 4) is 0 Å². The van der Waals surface area contributed by atoms with Gasteiger partial charge in [0.15, 0.2) is 0 Å². The van der Waals surface area contributed by atoms with Crippen molar-refractivity contribution in [1.82, 2.24) is 14.7 Å². The average molecular weight is 317 g/mol. The first kappa shape index (κ1) is 16.5. The van der Waals surface area contributed by atoms with Crippen LogP contribution in [0.4, 0.5) is 13.2 Å². The molecule has 1 saturated heterocycles. The van der Waals surface area contributed by atoms with Crippen LogP contribution in [0.1, 0.15) is 43.1 Å². The lowest BCUT2D eigenvalue weighted by Crippen LogP contribution is -2.48. The molecule has 2 rings (SSSR count). The second kappa shape index (κ2) is 6.50. The number of carbonyl (C=O) groups is 1. The number of amides is 1. The molecule has 5 nitrogen and oxygen atoms in total. The Morgan fingerprint density at radius 3 is 2.68 bits per heavy atom. The summed E-state index contributed by atoms with van der Waals surface area (Å²) in [4.78, 5) is 24.8. The summed E-state index contributed by atoms with van der Waals surface area (Å²) in [6.45, 7) is 1.98. The Kier molecular flexibility index (Phi) is 4.87. The Hall–Kier alpha value is -1.86. The largest absolute Gasteiger partial charge is 0.408 e. The van der Waals surface area contributed by atoms with E-state index in [9.17, 15) is 22.8 Å². The van der Waals surface area contributed by atoms with Crippen molar-refractivity contribution in [2.45, 2.75) is 51.4 Å². The molecule has 1 aromatic heterocycles. The summed E-state index contributed by atoms with van der Waals surface area (Å²) >= 11 is 0. The van der Waals surface area contributed by atoms with Gasteiger partial charge in [-0.2, -0.15) is 18.3 Å². The Morgan fingerprint density at radius 2 is 2.05 bits per heavy atom. The van der Waals surface area contributed by atoms with Crippen LogP contribution in [0.3, 0.4) is 0 Å². The van der Waals surface area contributed by atoms with Crippen LogP contribution in [0.25, 0.3) is 0 Å². The number of halogens is 3. The van der Waals surface area contributed by atoms with Gasteiger partial charge in [0.05, 0.1) is 0 Å². The minimum atomic E-state index is -4.46. The quantitative estimate of drug-likeness (QED) is 0.840. The van der Waals surface area contributed by atoms with E-state index in [0.29, 0.717) is 19.3 Å². The van der Waals surface area contributed by atoms with Gasteiger partial charge in [-0.15, -0.1) is 0 Å². The number of aryl methyl sites for hydroxylation is 1. The van der Waals surface area contributed by atoms with Gasteiger partial charge in [-0.1, -0.05) is 12.8 Å².